The molecule has 0 amide bonds. The van der Waals surface area contributed by atoms with Gasteiger partial charge in [0.25, 0.3) is 0 Å². The van der Waals surface area contributed by atoms with Crippen LogP contribution in [0.4, 0.5) is 11.4 Å². The third-order valence-electron chi connectivity index (χ3n) is 2.26. The average Bonchev–Trinajstić information content (AvgIpc) is 2.26. The number of hydrogen-bond donors (Lipinski definition) is 1. The van der Waals surface area contributed by atoms with Gasteiger partial charge in [0.15, 0.2) is 4.60 Å². The number of fused-ring (bicyclic) bond motifs is 1. The maximum absolute atomic E-state index is 10.9. The van der Waals surface area contributed by atoms with Gasteiger partial charge in [-0.25, -0.2) is 4.98 Å². The first-order chi connectivity index (χ1) is 7.65. The van der Waals surface area contributed by atoms with Crippen molar-refractivity contribution in [2.75, 3.05) is 12.4 Å². The standard InChI is InChI=1S/C10H8BrN3O2/c1-12-8-6-4-2-3-5-7(6)13-10(11)9(8)14(15)16/h2-5H,1H3,(H,12,13). The Morgan fingerprint density at radius 1 is 1.44 bits per heavy atom. The summed E-state index contributed by atoms with van der Waals surface area (Å²) >= 11 is 3.12. The largest absolute Gasteiger partial charge is 0.382 e. The fraction of sp³-hybridized carbons (Fsp3) is 0.100. The van der Waals surface area contributed by atoms with Crippen LogP contribution in [0.5, 0.6) is 0 Å². The molecule has 0 radical (unpaired) electrons. The van der Waals surface area contributed by atoms with Crippen LogP contribution in [-0.2, 0) is 0 Å². The third-order valence-corrected chi connectivity index (χ3v) is 2.81. The number of benzene rings is 1. The smallest absolute Gasteiger partial charge is 0.325 e. The molecule has 0 aliphatic rings. The summed E-state index contributed by atoms with van der Waals surface area (Å²) in [6.45, 7) is 0. The maximum atomic E-state index is 10.9. The molecular weight excluding hydrogens is 274 g/mol. The number of pyridine rings is 1. The molecule has 0 aliphatic heterocycles. The molecule has 0 spiro atoms. The van der Waals surface area contributed by atoms with E-state index in [0.29, 0.717) is 11.2 Å². The molecule has 0 saturated heterocycles. The highest BCUT2D eigenvalue weighted by atomic mass is 79.9. The highest BCUT2D eigenvalue weighted by Gasteiger charge is 2.22. The van der Waals surface area contributed by atoms with Crippen LogP contribution in [0.1, 0.15) is 0 Å². The number of nitrogens with one attached hydrogen (secondary N) is 1. The first-order valence-corrected chi connectivity index (χ1v) is 5.35. The minimum atomic E-state index is -0.449. The van der Waals surface area contributed by atoms with Crippen LogP contribution in [-0.4, -0.2) is 17.0 Å². The van der Waals surface area contributed by atoms with Crippen LogP contribution in [0, 0.1) is 10.1 Å². The van der Waals surface area contributed by atoms with E-state index in [1.54, 1.807) is 13.1 Å². The molecule has 1 N–H and O–H groups in total. The van der Waals surface area contributed by atoms with Crippen molar-refractivity contribution in [2.45, 2.75) is 0 Å². The molecule has 2 rings (SSSR count). The van der Waals surface area contributed by atoms with Crippen LogP contribution in [0.3, 0.4) is 0 Å². The van der Waals surface area contributed by atoms with E-state index in [1.165, 1.54) is 0 Å². The molecule has 1 aromatic carbocycles. The Balaban J connectivity index is 2.90. The van der Waals surface area contributed by atoms with Gasteiger partial charge in [0, 0.05) is 12.4 Å². The summed E-state index contributed by atoms with van der Waals surface area (Å²) in [7, 11) is 1.65. The van der Waals surface area contributed by atoms with Gasteiger partial charge in [-0.15, -0.1) is 0 Å². The van der Waals surface area contributed by atoms with Crippen LogP contribution in [0.2, 0.25) is 0 Å². The summed E-state index contributed by atoms with van der Waals surface area (Å²) in [6, 6.07) is 7.27. The van der Waals surface area contributed by atoms with Crippen LogP contribution < -0.4 is 5.32 Å². The molecular formula is C10H8BrN3O2. The summed E-state index contributed by atoms with van der Waals surface area (Å²) in [5, 5.41) is 14.5. The number of rotatable bonds is 2. The van der Waals surface area contributed by atoms with Crippen molar-refractivity contribution in [1.82, 2.24) is 4.98 Å². The van der Waals surface area contributed by atoms with E-state index < -0.39 is 4.92 Å². The monoisotopic (exact) mass is 281 g/mol. The first-order valence-electron chi connectivity index (χ1n) is 4.55. The lowest BCUT2D eigenvalue weighted by atomic mass is 10.1. The Bertz CT molecular complexity index is 571. The molecule has 5 nitrogen and oxygen atoms in total. The minimum Gasteiger partial charge on any atom is -0.382 e. The van der Waals surface area contributed by atoms with Crippen molar-refractivity contribution in [2.24, 2.45) is 0 Å². The van der Waals surface area contributed by atoms with Crippen molar-refractivity contribution in [1.29, 1.82) is 0 Å². The highest BCUT2D eigenvalue weighted by molar-refractivity contribution is 9.10. The Labute approximate surface area is 99.8 Å². The first kappa shape index (κ1) is 10.8. The SMILES string of the molecule is CNc1c([N+](=O)[O-])c(Br)nc2ccccc12. The third kappa shape index (κ3) is 1.61. The lowest BCUT2D eigenvalue weighted by Gasteiger charge is -2.07. The zero-order valence-corrected chi connectivity index (χ0v) is 9.98. The second kappa shape index (κ2) is 4.05. The molecule has 0 aliphatic carbocycles. The zero-order valence-electron chi connectivity index (χ0n) is 8.40. The van der Waals surface area contributed by atoms with Gasteiger partial charge in [0.1, 0.15) is 5.69 Å². The van der Waals surface area contributed by atoms with Gasteiger partial charge >= 0.3 is 5.69 Å². The Morgan fingerprint density at radius 2 is 2.12 bits per heavy atom. The Kier molecular flexibility index (Phi) is 2.74. The predicted molar refractivity (Wildman–Crippen MR) is 65.6 cm³/mol. The maximum Gasteiger partial charge on any atom is 0.325 e. The van der Waals surface area contributed by atoms with E-state index in [1.807, 2.05) is 18.2 Å². The normalized spacial score (nSPS) is 10.4. The number of hydrogen-bond acceptors (Lipinski definition) is 4. The van der Waals surface area contributed by atoms with Crippen molar-refractivity contribution < 1.29 is 4.92 Å². The van der Waals surface area contributed by atoms with Crippen molar-refractivity contribution in [3.8, 4) is 0 Å². The van der Waals surface area contributed by atoms with E-state index in [0.717, 1.165) is 5.39 Å². The highest BCUT2D eigenvalue weighted by Crippen LogP contribution is 2.36. The molecule has 0 bridgehead atoms. The molecule has 6 heteroatoms. The minimum absolute atomic E-state index is 0.0406. The zero-order chi connectivity index (χ0) is 11.7. The number of nitro groups is 1. The molecule has 0 unspecified atom stereocenters. The number of anilines is 1. The molecule has 16 heavy (non-hydrogen) atoms. The number of aromatic nitrogens is 1. The van der Waals surface area contributed by atoms with Gasteiger partial charge in [-0.05, 0) is 22.0 Å². The van der Waals surface area contributed by atoms with Gasteiger partial charge < -0.3 is 5.32 Å². The molecule has 1 aromatic heterocycles. The summed E-state index contributed by atoms with van der Waals surface area (Å²) in [5.74, 6) is 0. The second-order valence-corrected chi connectivity index (χ2v) is 3.90. The van der Waals surface area contributed by atoms with Gasteiger partial charge in [-0.1, -0.05) is 18.2 Å². The van der Waals surface area contributed by atoms with Crippen molar-refractivity contribution >= 4 is 38.2 Å². The number of halogens is 1. The van der Waals surface area contributed by atoms with E-state index in [-0.39, 0.29) is 10.3 Å². The van der Waals surface area contributed by atoms with E-state index in [4.69, 9.17) is 0 Å². The molecule has 82 valence electrons. The number of nitrogens with zero attached hydrogens (tertiary/aromatic N) is 2. The second-order valence-electron chi connectivity index (χ2n) is 3.15. The van der Waals surface area contributed by atoms with Crippen molar-refractivity contribution in [3.05, 3.63) is 39.0 Å². The fourth-order valence-corrected chi connectivity index (χ4v) is 2.13. The molecule has 1 heterocycles. The van der Waals surface area contributed by atoms with Gasteiger partial charge in [0.05, 0.1) is 10.4 Å². The topological polar surface area (TPSA) is 68.1 Å². The quantitative estimate of drug-likeness (QED) is 0.522. The fourth-order valence-electron chi connectivity index (χ4n) is 1.59. The van der Waals surface area contributed by atoms with E-state index >= 15 is 0 Å². The Morgan fingerprint density at radius 3 is 2.75 bits per heavy atom. The van der Waals surface area contributed by atoms with Gasteiger partial charge in [0.2, 0.25) is 0 Å². The summed E-state index contributed by atoms with van der Waals surface area (Å²) < 4.78 is 0.237. The molecule has 0 atom stereocenters. The van der Waals surface area contributed by atoms with Crippen LogP contribution in [0.25, 0.3) is 10.9 Å². The summed E-state index contributed by atoms with van der Waals surface area (Å²) in [4.78, 5) is 14.6. The molecule has 0 fully saturated rings. The summed E-state index contributed by atoms with van der Waals surface area (Å²) in [5.41, 5.74) is 1.15. The lowest BCUT2D eigenvalue weighted by molar-refractivity contribution is -0.385. The summed E-state index contributed by atoms with van der Waals surface area (Å²) in [6.07, 6.45) is 0. The number of para-hydroxylation sites is 1. The van der Waals surface area contributed by atoms with Gasteiger partial charge in [-0.3, -0.25) is 10.1 Å². The Hall–Kier alpha value is -1.69. The van der Waals surface area contributed by atoms with Crippen molar-refractivity contribution in [3.63, 3.8) is 0 Å². The van der Waals surface area contributed by atoms with Gasteiger partial charge in [-0.2, -0.15) is 0 Å². The van der Waals surface area contributed by atoms with E-state index in [9.17, 15) is 10.1 Å². The van der Waals surface area contributed by atoms with E-state index in [2.05, 4.69) is 26.2 Å². The average molecular weight is 282 g/mol. The lowest BCUT2D eigenvalue weighted by Crippen LogP contribution is -2.00. The molecule has 0 saturated carbocycles. The van der Waals surface area contributed by atoms with Crippen LogP contribution in [0.15, 0.2) is 28.9 Å². The predicted octanol–water partition coefficient (Wildman–Crippen LogP) is 2.95. The molecule has 2 aromatic rings. The van der Waals surface area contributed by atoms with Crippen LogP contribution >= 0.6 is 15.9 Å².